The molecule has 0 amide bonds. The fourth-order valence-electron chi connectivity index (χ4n) is 4.45. The van der Waals surface area contributed by atoms with E-state index in [1.165, 1.54) is 128 Å². The van der Waals surface area contributed by atoms with E-state index in [1.807, 2.05) is 0 Å². The van der Waals surface area contributed by atoms with Crippen LogP contribution < -0.4 is 0 Å². The lowest BCUT2D eigenvalue weighted by Gasteiger charge is -2.07. The van der Waals surface area contributed by atoms with E-state index >= 15 is 0 Å². The highest BCUT2D eigenvalue weighted by molar-refractivity contribution is 6.02. The van der Waals surface area contributed by atoms with E-state index in [4.69, 9.17) is 9.84 Å². The highest BCUT2D eigenvalue weighted by atomic mass is 16.5. The molecule has 0 aliphatic heterocycles. The molecule has 0 aliphatic carbocycles. The van der Waals surface area contributed by atoms with E-state index < -0.39 is 11.9 Å². The highest BCUT2D eigenvalue weighted by Crippen LogP contribution is 2.15. The zero-order valence-electron chi connectivity index (χ0n) is 21.8. The minimum atomic E-state index is -1.11. The van der Waals surface area contributed by atoms with Crippen molar-refractivity contribution in [2.75, 3.05) is 6.61 Å². The zero-order valence-corrected chi connectivity index (χ0v) is 21.8. The monoisotopic (exact) mass is 474 g/mol. The first-order valence-corrected chi connectivity index (χ1v) is 14.2. The largest absolute Gasteiger partial charge is 0.478 e. The summed E-state index contributed by atoms with van der Waals surface area (Å²) < 4.78 is 5.25. The number of unbranched alkanes of at least 4 members (excludes halogenated alkanes) is 19. The Kier molecular flexibility index (Phi) is 19.2. The molecule has 0 aromatic heterocycles. The van der Waals surface area contributed by atoms with Gasteiger partial charge in [-0.2, -0.15) is 0 Å². The lowest BCUT2D eigenvalue weighted by molar-refractivity contribution is 0.0487. The normalized spacial score (nSPS) is 11.0. The number of hydrogen-bond acceptors (Lipinski definition) is 3. The Morgan fingerprint density at radius 3 is 1.32 bits per heavy atom. The molecule has 1 aromatic carbocycles. The quantitative estimate of drug-likeness (QED) is 0.127. The maximum atomic E-state index is 12.1. The Morgan fingerprint density at radius 1 is 0.588 bits per heavy atom. The van der Waals surface area contributed by atoms with Crippen molar-refractivity contribution >= 4 is 11.9 Å². The SMILES string of the molecule is CCCCCCCCCCCCCCCCCCCCCCOC(=O)c1ccccc1C(=O)O. The predicted molar refractivity (Wildman–Crippen MR) is 142 cm³/mol. The van der Waals surface area contributed by atoms with Crippen LogP contribution in [-0.4, -0.2) is 23.7 Å². The maximum Gasteiger partial charge on any atom is 0.339 e. The molecule has 0 heterocycles. The molecule has 0 aliphatic rings. The number of carboxylic acids is 1. The predicted octanol–water partition coefficient (Wildman–Crippen LogP) is 9.36. The van der Waals surface area contributed by atoms with E-state index in [-0.39, 0.29) is 11.1 Å². The van der Waals surface area contributed by atoms with Gasteiger partial charge in [-0.25, -0.2) is 9.59 Å². The Morgan fingerprint density at radius 2 is 0.941 bits per heavy atom. The number of benzene rings is 1. The molecule has 0 saturated carbocycles. The van der Waals surface area contributed by atoms with Gasteiger partial charge in [0.15, 0.2) is 0 Å². The third kappa shape index (κ3) is 15.9. The lowest BCUT2D eigenvalue weighted by atomic mass is 10.0. The molecule has 1 rings (SSSR count). The van der Waals surface area contributed by atoms with E-state index in [9.17, 15) is 9.59 Å². The second kappa shape index (κ2) is 21.7. The average Bonchev–Trinajstić information content (AvgIpc) is 2.84. The van der Waals surface area contributed by atoms with E-state index in [0.717, 1.165) is 12.8 Å². The van der Waals surface area contributed by atoms with Crippen LogP contribution in [0.3, 0.4) is 0 Å². The number of carbonyl (C=O) groups is 2. The van der Waals surface area contributed by atoms with Crippen molar-refractivity contribution in [2.45, 2.75) is 135 Å². The zero-order chi connectivity index (χ0) is 24.7. The summed E-state index contributed by atoms with van der Waals surface area (Å²) >= 11 is 0. The molecule has 0 fully saturated rings. The maximum absolute atomic E-state index is 12.1. The van der Waals surface area contributed by atoms with Gasteiger partial charge in [0.1, 0.15) is 0 Å². The molecule has 0 bridgehead atoms. The van der Waals surface area contributed by atoms with Crippen molar-refractivity contribution in [3.63, 3.8) is 0 Å². The third-order valence-corrected chi connectivity index (χ3v) is 6.61. The van der Waals surface area contributed by atoms with Gasteiger partial charge in [-0.15, -0.1) is 0 Å². The summed E-state index contributed by atoms with van der Waals surface area (Å²) in [5.74, 6) is -1.65. The van der Waals surface area contributed by atoms with Crippen LogP contribution >= 0.6 is 0 Å². The van der Waals surface area contributed by atoms with Crippen molar-refractivity contribution in [1.82, 2.24) is 0 Å². The Labute approximate surface area is 208 Å². The third-order valence-electron chi connectivity index (χ3n) is 6.61. The molecule has 1 N–H and O–H groups in total. The summed E-state index contributed by atoms with van der Waals surface area (Å²) in [5, 5.41) is 9.15. The van der Waals surface area contributed by atoms with Gasteiger partial charge in [-0.3, -0.25) is 0 Å². The summed E-state index contributed by atoms with van der Waals surface area (Å²) in [6.07, 6.45) is 26.7. The molecule has 0 radical (unpaired) electrons. The van der Waals surface area contributed by atoms with Crippen molar-refractivity contribution in [2.24, 2.45) is 0 Å². The second-order valence-electron chi connectivity index (χ2n) is 9.70. The first-order chi connectivity index (χ1) is 16.7. The van der Waals surface area contributed by atoms with E-state index in [2.05, 4.69) is 6.92 Å². The van der Waals surface area contributed by atoms with Crippen LogP contribution in [0.2, 0.25) is 0 Å². The molecular formula is C30H50O4. The number of aromatic carboxylic acids is 1. The number of rotatable bonds is 23. The topological polar surface area (TPSA) is 63.6 Å². The van der Waals surface area contributed by atoms with Gasteiger partial charge < -0.3 is 9.84 Å². The molecule has 0 spiro atoms. The molecule has 4 heteroatoms. The summed E-state index contributed by atoms with van der Waals surface area (Å²) in [6, 6.07) is 6.19. The number of carboxylic acid groups (broad SMARTS) is 1. The highest BCUT2D eigenvalue weighted by Gasteiger charge is 2.16. The second-order valence-corrected chi connectivity index (χ2v) is 9.70. The van der Waals surface area contributed by atoms with E-state index in [1.54, 1.807) is 12.1 Å². The average molecular weight is 475 g/mol. The van der Waals surface area contributed by atoms with Crippen molar-refractivity contribution in [1.29, 1.82) is 0 Å². The fourth-order valence-corrected chi connectivity index (χ4v) is 4.45. The van der Waals surface area contributed by atoms with Crippen LogP contribution in [0, 0.1) is 0 Å². The molecule has 34 heavy (non-hydrogen) atoms. The number of carbonyl (C=O) groups excluding carboxylic acids is 1. The fraction of sp³-hybridized carbons (Fsp3) is 0.733. The molecule has 0 unspecified atom stereocenters. The standard InChI is InChI=1S/C30H50O4/c1-2-3-4-5-6-7-8-9-10-11-12-13-14-15-16-17-18-19-20-23-26-34-30(33)28-25-22-21-24-27(28)29(31)32/h21-22,24-25H,2-20,23,26H2,1H3,(H,31,32). The van der Waals surface area contributed by atoms with Crippen LogP contribution in [-0.2, 0) is 4.74 Å². The molecule has 1 aromatic rings. The van der Waals surface area contributed by atoms with Crippen LogP contribution in [0.15, 0.2) is 24.3 Å². The van der Waals surface area contributed by atoms with Crippen LogP contribution in [0.1, 0.15) is 156 Å². The first-order valence-electron chi connectivity index (χ1n) is 14.2. The molecule has 194 valence electrons. The lowest BCUT2D eigenvalue weighted by Crippen LogP contribution is -2.12. The smallest absolute Gasteiger partial charge is 0.339 e. The van der Waals surface area contributed by atoms with E-state index in [0.29, 0.717) is 6.61 Å². The van der Waals surface area contributed by atoms with Gasteiger partial charge in [-0.1, -0.05) is 141 Å². The Balaban J connectivity index is 1.82. The molecule has 4 nitrogen and oxygen atoms in total. The number of ether oxygens (including phenoxy) is 1. The molecule has 0 atom stereocenters. The van der Waals surface area contributed by atoms with Gasteiger partial charge >= 0.3 is 11.9 Å². The summed E-state index contributed by atoms with van der Waals surface area (Å²) in [7, 11) is 0. The minimum Gasteiger partial charge on any atom is -0.478 e. The first kappa shape index (κ1) is 30.2. The summed E-state index contributed by atoms with van der Waals surface area (Å²) in [5.41, 5.74) is 0.124. The van der Waals surface area contributed by atoms with Gasteiger partial charge in [0.25, 0.3) is 0 Å². The van der Waals surface area contributed by atoms with Crippen LogP contribution in [0.25, 0.3) is 0 Å². The Bertz CT molecular complexity index is 640. The van der Waals surface area contributed by atoms with Gasteiger partial charge in [0.2, 0.25) is 0 Å². The van der Waals surface area contributed by atoms with Crippen LogP contribution in [0.4, 0.5) is 0 Å². The van der Waals surface area contributed by atoms with Crippen molar-refractivity contribution in [3.05, 3.63) is 35.4 Å². The number of hydrogen-bond donors (Lipinski definition) is 1. The summed E-state index contributed by atoms with van der Waals surface area (Å²) in [4.78, 5) is 23.3. The minimum absolute atomic E-state index is 0.00371. The van der Waals surface area contributed by atoms with Gasteiger partial charge in [0, 0.05) is 0 Å². The summed E-state index contributed by atoms with van der Waals surface area (Å²) in [6.45, 7) is 2.63. The molecular weight excluding hydrogens is 424 g/mol. The Hall–Kier alpha value is -1.84. The van der Waals surface area contributed by atoms with Crippen molar-refractivity contribution in [3.8, 4) is 0 Å². The molecule has 0 saturated heterocycles. The van der Waals surface area contributed by atoms with Crippen molar-refractivity contribution < 1.29 is 19.4 Å². The van der Waals surface area contributed by atoms with Gasteiger partial charge in [0.05, 0.1) is 17.7 Å². The van der Waals surface area contributed by atoms with Gasteiger partial charge in [-0.05, 0) is 18.6 Å². The number of esters is 1. The van der Waals surface area contributed by atoms with Crippen LogP contribution in [0.5, 0.6) is 0 Å².